The number of piperazine rings is 1. The summed E-state index contributed by atoms with van der Waals surface area (Å²) in [7, 11) is 0. The highest BCUT2D eigenvalue weighted by Gasteiger charge is 2.29. The van der Waals surface area contributed by atoms with Crippen LogP contribution in [0.1, 0.15) is 18.0 Å². The molecule has 2 saturated heterocycles. The van der Waals surface area contributed by atoms with Crippen LogP contribution in [-0.4, -0.2) is 42.2 Å². The molecule has 1 aromatic heterocycles. The molecule has 0 spiro atoms. The maximum Gasteiger partial charge on any atom is 0.0748 e. The van der Waals surface area contributed by atoms with E-state index in [0.717, 1.165) is 32.6 Å². The molecule has 0 radical (unpaired) electrons. The van der Waals surface area contributed by atoms with Crippen LogP contribution in [0.15, 0.2) is 24.5 Å². The largest absolute Gasteiger partial charge is 0.314 e. The Morgan fingerprint density at radius 2 is 1.88 bits per heavy atom. The first-order chi connectivity index (χ1) is 8.43. The predicted octanol–water partition coefficient (Wildman–Crippen LogP) is -0.148. The van der Waals surface area contributed by atoms with Gasteiger partial charge in [-0.1, -0.05) is 0 Å². The fourth-order valence-electron chi connectivity index (χ4n) is 2.59. The number of nitrogens with zero attached hydrogens (tertiary/aromatic N) is 2. The molecule has 5 heteroatoms. The van der Waals surface area contributed by atoms with E-state index in [2.05, 4.69) is 38.2 Å². The standard InChI is InChI=1S/C12H19N5/c1-3-13-4-2-10(1)11-9-12(16-15-11)17-7-5-14-6-8-17/h1-4,11-12,14-16H,5-9H2. The number of nitrogens with one attached hydrogen (secondary N) is 3. The monoisotopic (exact) mass is 233 g/mol. The second-order valence-corrected chi connectivity index (χ2v) is 4.66. The lowest BCUT2D eigenvalue weighted by atomic mass is 10.1. The Morgan fingerprint density at radius 1 is 1.12 bits per heavy atom. The van der Waals surface area contributed by atoms with Crippen molar-refractivity contribution in [3.63, 3.8) is 0 Å². The van der Waals surface area contributed by atoms with E-state index in [9.17, 15) is 0 Å². The summed E-state index contributed by atoms with van der Waals surface area (Å²) in [6, 6.07) is 4.57. The van der Waals surface area contributed by atoms with Crippen molar-refractivity contribution >= 4 is 0 Å². The molecule has 2 aliphatic rings. The number of aromatic nitrogens is 1. The predicted molar refractivity (Wildman–Crippen MR) is 66.1 cm³/mol. The van der Waals surface area contributed by atoms with E-state index in [1.807, 2.05) is 12.4 Å². The Balaban J connectivity index is 1.61. The fraction of sp³-hybridized carbons (Fsp3) is 0.583. The molecule has 0 amide bonds. The summed E-state index contributed by atoms with van der Waals surface area (Å²) >= 11 is 0. The van der Waals surface area contributed by atoms with Gasteiger partial charge in [0.1, 0.15) is 0 Å². The first-order valence-electron chi connectivity index (χ1n) is 6.29. The van der Waals surface area contributed by atoms with Crippen LogP contribution in [0.5, 0.6) is 0 Å². The Hall–Kier alpha value is -1.01. The van der Waals surface area contributed by atoms with Crippen molar-refractivity contribution in [2.75, 3.05) is 26.2 Å². The minimum atomic E-state index is 0.401. The van der Waals surface area contributed by atoms with Gasteiger partial charge in [-0.15, -0.1) is 0 Å². The van der Waals surface area contributed by atoms with Gasteiger partial charge in [-0.2, -0.15) is 0 Å². The van der Waals surface area contributed by atoms with Crippen LogP contribution in [0, 0.1) is 0 Å². The average molecular weight is 233 g/mol. The van der Waals surface area contributed by atoms with Crippen molar-refractivity contribution in [1.29, 1.82) is 0 Å². The summed E-state index contributed by atoms with van der Waals surface area (Å²) in [5.41, 5.74) is 8.09. The van der Waals surface area contributed by atoms with Gasteiger partial charge in [0.05, 0.1) is 6.17 Å². The second kappa shape index (κ2) is 5.10. The third-order valence-electron chi connectivity index (χ3n) is 3.58. The van der Waals surface area contributed by atoms with Crippen molar-refractivity contribution in [3.8, 4) is 0 Å². The highest BCUT2D eigenvalue weighted by atomic mass is 15.5. The van der Waals surface area contributed by atoms with E-state index >= 15 is 0 Å². The molecule has 3 rings (SSSR count). The molecule has 3 heterocycles. The van der Waals surface area contributed by atoms with Crippen LogP contribution in [0.4, 0.5) is 0 Å². The van der Waals surface area contributed by atoms with Gasteiger partial charge in [0.2, 0.25) is 0 Å². The van der Waals surface area contributed by atoms with E-state index in [1.54, 1.807) is 0 Å². The first kappa shape index (κ1) is 11.1. The third-order valence-corrected chi connectivity index (χ3v) is 3.58. The first-order valence-corrected chi connectivity index (χ1v) is 6.29. The van der Waals surface area contributed by atoms with E-state index in [0.29, 0.717) is 12.2 Å². The molecule has 92 valence electrons. The Kier molecular flexibility index (Phi) is 3.33. The lowest BCUT2D eigenvalue weighted by molar-refractivity contribution is 0.155. The molecular weight excluding hydrogens is 214 g/mol. The highest BCUT2D eigenvalue weighted by Crippen LogP contribution is 2.23. The lowest BCUT2D eigenvalue weighted by Crippen LogP contribution is -2.52. The molecule has 17 heavy (non-hydrogen) atoms. The van der Waals surface area contributed by atoms with Gasteiger partial charge in [0.25, 0.3) is 0 Å². The topological polar surface area (TPSA) is 52.2 Å². The summed E-state index contributed by atoms with van der Waals surface area (Å²) < 4.78 is 0. The summed E-state index contributed by atoms with van der Waals surface area (Å²) in [6.07, 6.45) is 5.28. The zero-order chi connectivity index (χ0) is 11.5. The minimum absolute atomic E-state index is 0.401. The van der Waals surface area contributed by atoms with E-state index in [-0.39, 0.29) is 0 Å². The molecule has 2 unspecified atom stereocenters. The van der Waals surface area contributed by atoms with Crippen LogP contribution in [-0.2, 0) is 0 Å². The number of pyridine rings is 1. The molecular formula is C12H19N5. The summed E-state index contributed by atoms with van der Waals surface area (Å²) in [4.78, 5) is 6.56. The maximum atomic E-state index is 4.06. The second-order valence-electron chi connectivity index (χ2n) is 4.66. The highest BCUT2D eigenvalue weighted by molar-refractivity contribution is 5.16. The zero-order valence-corrected chi connectivity index (χ0v) is 9.89. The van der Waals surface area contributed by atoms with Crippen molar-refractivity contribution in [1.82, 2.24) is 26.1 Å². The SMILES string of the molecule is c1cc(C2CC(N3CCNCC3)NN2)ccn1. The molecule has 1 aromatic rings. The molecule has 2 aliphatic heterocycles. The third kappa shape index (κ3) is 2.47. The number of rotatable bonds is 2. The lowest BCUT2D eigenvalue weighted by Gasteiger charge is -2.32. The van der Waals surface area contributed by atoms with E-state index in [1.165, 1.54) is 5.56 Å². The van der Waals surface area contributed by atoms with Crippen molar-refractivity contribution in [3.05, 3.63) is 30.1 Å². The smallest absolute Gasteiger partial charge is 0.0748 e. The van der Waals surface area contributed by atoms with Gasteiger partial charge < -0.3 is 5.32 Å². The van der Waals surface area contributed by atoms with E-state index in [4.69, 9.17) is 0 Å². The molecule has 0 saturated carbocycles. The van der Waals surface area contributed by atoms with Gasteiger partial charge in [-0.05, 0) is 24.1 Å². The van der Waals surface area contributed by atoms with Crippen molar-refractivity contribution in [2.24, 2.45) is 0 Å². The van der Waals surface area contributed by atoms with Crippen LogP contribution < -0.4 is 16.2 Å². The van der Waals surface area contributed by atoms with Crippen LogP contribution >= 0.6 is 0 Å². The minimum Gasteiger partial charge on any atom is -0.314 e. The number of hydrogen-bond acceptors (Lipinski definition) is 5. The average Bonchev–Trinajstić information content (AvgIpc) is 2.90. The molecule has 0 bridgehead atoms. The molecule has 0 aromatic carbocycles. The van der Waals surface area contributed by atoms with Crippen molar-refractivity contribution < 1.29 is 0 Å². The number of hydrazine groups is 1. The Bertz CT molecular complexity index is 349. The molecule has 2 atom stereocenters. The van der Waals surface area contributed by atoms with Gasteiger partial charge in [-0.3, -0.25) is 9.88 Å². The van der Waals surface area contributed by atoms with Crippen LogP contribution in [0.25, 0.3) is 0 Å². The van der Waals surface area contributed by atoms with Gasteiger partial charge in [-0.25, -0.2) is 10.9 Å². The number of hydrogen-bond donors (Lipinski definition) is 3. The van der Waals surface area contributed by atoms with E-state index < -0.39 is 0 Å². The van der Waals surface area contributed by atoms with Gasteiger partial charge >= 0.3 is 0 Å². The molecule has 0 aliphatic carbocycles. The van der Waals surface area contributed by atoms with Crippen LogP contribution in [0.2, 0.25) is 0 Å². The normalized spacial score (nSPS) is 30.6. The quantitative estimate of drug-likeness (QED) is 0.663. The summed E-state index contributed by atoms with van der Waals surface area (Å²) in [6.45, 7) is 4.45. The van der Waals surface area contributed by atoms with Gasteiger partial charge in [0.15, 0.2) is 0 Å². The Morgan fingerprint density at radius 3 is 2.65 bits per heavy atom. The molecule has 5 nitrogen and oxygen atoms in total. The molecule has 3 N–H and O–H groups in total. The molecule has 2 fully saturated rings. The maximum absolute atomic E-state index is 4.06. The zero-order valence-electron chi connectivity index (χ0n) is 9.89. The summed E-state index contributed by atoms with van der Waals surface area (Å²) in [5, 5.41) is 3.38. The van der Waals surface area contributed by atoms with Crippen molar-refractivity contribution in [2.45, 2.75) is 18.6 Å². The summed E-state index contributed by atoms with van der Waals surface area (Å²) in [5.74, 6) is 0. The van der Waals surface area contributed by atoms with Crippen LogP contribution in [0.3, 0.4) is 0 Å². The van der Waals surface area contributed by atoms with Gasteiger partial charge in [0, 0.05) is 44.6 Å². The Labute approximate surface area is 102 Å². The fourth-order valence-corrected chi connectivity index (χ4v) is 2.59.